The summed E-state index contributed by atoms with van der Waals surface area (Å²) in [7, 11) is -4.07. The standard InChI is InChI=1S/C16H13BrN4O4S/c1-9(22)18-11-3-5-12(6-4-11)26(24,25)21-20-15-13-8-10(17)2-7-14(13)19-16(15)23/h2-8,19,23H,1H3,(H,18,22). The number of sulfonamides is 1. The van der Waals surface area contributed by atoms with Crippen LogP contribution in [0.15, 0.2) is 61.5 Å². The Bertz CT molecular complexity index is 1120. The fraction of sp³-hybridized carbons (Fsp3) is 0.0625. The number of H-pyrrole nitrogens is 1. The van der Waals surface area contributed by atoms with E-state index in [-0.39, 0.29) is 22.4 Å². The summed E-state index contributed by atoms with van der Waals surface area (Å²) in [6, 6.07) is 10.7. The molecular weight excluding hydrogens is 424 g/mol. The Morgan fingerprint density at radius 1 is 1.19 bits per heavy atom. The summed E-state index contributed by atoms with van der Waals surface area (Å²) in [6.07, 6.45) is 0. The number of aromatic hydroxyl groups is 1. The summed E-state index contributed by atoms with van der Waals surface area (Å²) in [6.45, 7) is 1.35. The molecule has 0 aliphatic heterocycles. The van der Waals surface area contributed by atoms with Crippen LogP contribution in [0.2, 0.25) is 0 Å². The number of anilines is 1. The van der Waals surface area contributed by atoms with E-state index in [1.165, 1.54) is 31.2 Å². The normalized spacial score (nSPS) is 11.9. The van der Waals surface area contributed by atoms with Gasteiger partial charge in [0.15, 0.2) is 5.69 Å². The molecule has 0 unspecified atom stereocenters. The molecule has 1 amide bonds. The summed E-state index contributed by atoms with van der Waals surface area (Å²) >= 11 is 3.31. The number of benzene rings is 2. The molecule has 0 aliphatic rings. The van der Waals surface area contributed by atoms with Crippen molar-refractivity contribution in [3.05, 3.63) is 46.9 Å². The number of carbonyl (C=O) groups excluding carboxylic acids is 1. The van der Waals surface area contributed by atoms with E-state index in [1.807, 2.05) is 0 Å². The van der Waals surface area contributed by atoms with Crippen LogP contribution in [0.4, 0.5) is 11.4 Å². The first-order valence-corrected chi connectivity index (χ1v) is 9.55. The third-order valence-electron chi connectivity index (χ3n) is 3.43. The number of aromatic nitrogens is 1. The van der Waals surface area contributed by atoms with E-state index in [2.05, 4.69) is 35.9 Å². The number of hydrogen-bond acceptors (Lipinski definition) is 5. The second-order valence-corrected chi connectivity index (χ2v) is 7.87. The van der Waals surface area contributed by atoms with Gasteiger partial charge >= 0.3 is 0 Å². The van der Waals surface area contributed by atoms with Gasteiger partial charge in [0.1, 0.15) is 0 Å². The van der Waals surface area contributed by atoms with Crippen molar-refractivity contribution in [2.75, 3.05) is 5.32 Å². The number of aromatic amines is 1. The molecule has 2 aromatic carbocycles. The highest BCUT2D eigenvalue weighted by Gasteiger charge is 2.16. The lowest BCUT2D eigenvalue weighted by Crippen LogP contribution is -2.05. The molecule has 0 spiro atoms. The highest BCUT2D eigenvalue weighted by Crippen LogP contribution is 2.37. The van der Waals surface area contributed by atoms with Gasteiger partial charge in [0.05, 0.1) is 10.4 Å². The maximum atomic E-state index is 12.3. The zero-order chi connectivity index (χ0) is 18.9. The van der Waals surface area contributed by atoms with Gasteiger partial charge in [-0.15, -0.1) is 5.11 Å². The molecule has 8 nitrogen and oxygen atoms in total. The summed E-state index contributed by atoms with van der Waals surface area (Å²) in [5.74, 6) is -0.542. The van der Waals surface area contributed by atoms with Crippen LogP contribution >= 0.6 is 15.9 Å². The average Bonchev–Trinajstić information content (AvgIpc) is 2.87. The van der Waals surface area contributed by atoms with Crippen molar-refractivity contribution in [2.24, 2.45) is 9.63 Å². The van der Waals surface area contributed by atoms with Crippen molar-refractivity contribution in [3.8, 4) is 5.88 Å². The average molecular weight is 437 g/mol. The largest absolute Gasteiger partial charge is 0.493 e. The summed E-state index contributed by atoms with van der Waals surface area (Å²) in [5, 5.41) is 16.7. The number of halogens is 1. The van der Waals surface area contributed by atoms with Gasteiger partial charge in [-0.3, -0.25) is 4.79 Å². The number of rotatable bonds is 4. The van der Waals surface area contributed by atoms with Crippen molar-refractivity contribution < 1.29 is 18.3 Å². The number of amides is 1. The van der Waals surface area contributed by atoms with Crippen LogP contribution < -0.4 is 5.32 Å². The van der Waals surface area contributed by atoms with Gasteiger partial charge in [0, 0.05) is 22.5 Å². The van der Waals surface area contributed by atoms with E-state index >= 15 is 0 Å². The van der Waals surface area contributed by atoms with Crippen molar-refractivity contribution in [1.29, 1.82) is 0 Å². The Labute approximate surface area is 157 Å². The molecule has 0 atom stereocenters. The minimum Gasteiger partial charge on any atom is -0.493 e. The summed E-state index contributed by atoms with van der Waals surface area (Å²) in [5.41, 5.74) is 1.09. The van der Waals surface area contributed by atoms with Crippen LogP contribution in [-0.4, -0.2) is 24.4 Å². The summed E-state index contributed by atoms with van der Waals surface area (Å²) in [4.78, 5) is 13.6. The Morgan fingerprint density at radius 3 is 2.54 bits per heavy atom. The molecule has 0 saturated heterocycles. The second kappa shape index (κ2) is 6.89. The maximum absolute atomic E-state index is 12.3. The van der Waals surface area contributed by atoms with Crippen molar-refractivity contribution in [1.82, 2.24) is 4.98 Å². The lowest BCUT2D eigenvalue weighted by atomic mass is 10.2. The quantitative estimate of drug-likeness (QED) is 0.533. The van der Waals surface area contributed by atoms with Crippen LogP contribution in [0, 0.1) is 0 Å². The SMILES string of the molecule is CC(=O)Nc1ccc(S(=O)(=O)N=Nc2c(O)[nH]c3ccc(Br)cc23)cc1. The molecule has 26 heavy (non-hydrogen) atoms. The molecule has 3 aromatic rings. The molecule has 0 bridgehead atoms. The smallest absolute Gasteiger partial charge is 0.299 e. The topological polar surface area (TPSA) is 124 Å². The Balaban J connectivity index is 1.93. The molecule has 1 heterocycles. The lowest BCUT2D eigenvalue weighted by molar-refractivity contribution is -0.114. The fourth-order valence-electron chi connectivity index (χ4n) is 2.29. The predicted octanol–water partition coefficient (Wildman–Crippen LogP) is 4.07. The van der Waals surface area contributed by atoms with Crippen molar-refractivity contribution in [3.63, 3.8) is 0 Å². The van der Waals surface area contributed by atoms with E-state index in [0.717, 1.165) is 4.47 Å². The third-order valence-corrected chi connectivity index (χ3v) is 5.09. The fourth-order valence-corrected chi connectivity index (χ4v) is 3.42. The second-order valence-electron chi connectivity index (χ2n) is 5.37. The Morgan fingerprint density at radius 2 is 1.88 bits per heavy atom. The molecule has 3 N–H and O–H groups in total. The van der Waals surface area contributed by atoms with E-state index in [1.54, 1.807) is 18.2 Å². The number of nitrogens with one attached hydrogen (secondary N) is 2. The predicted molar refractivity (Wildman–Crippen MR) is 100 cm³/mol. The molecule has 0 fully saturated rings. The van der Waals surface area contributed by atoms with Crippen LogP contribution in [0.3, 0.4) is 0 Å². The lowest BCUT2D eigenvalue weighted by Gasteiger charge is -2.02. The van der Waals surface area contributed by atoms with Crippen LogP contribution in [0.25, 0.3) is 10.9 Å². The molecule has 0 aliphatic carbocycles. The first kappa shape index (κ1) is 18.1. The van der Waals surface area contributed by atoms with Crippen molar-refractivity contribution >= 4 is 54.1 Å². The number of fused-ring (bicyclic) bond motifs is 1. The number of hydrogen-bond donors (Lipinski definition) is 3. The molecule has 0 radical (unpaired) electrons. The van der Waals surface area contributed by atoms with Crippen molar-refractivity contribution in [2.45, 2.75) is 11.8 Å². The molecule has 10 heteroatoms. The van der Waals surface area contributed by atoms with Crippen LogP contribution in [0.1, 0.15) is 6.92 Å². The van der Waals surface area contributed by atoms with E-state index < -0.39 is 10.0 Å². The molecular formula is C16H13BrN4O4S. The Hall–Kier alpha value is -2.72. The van der Waals surface area contributed by atoms with E-state index in [0.29, 0.717) is 16.6 Å². The third kappa shape index (κ3) is 3.75. The van der Waals surface area contributed by atoms with Crippen LogP contribution in [-0.2, 0) is 14.8 Å². The molecule has 1 aromatic heterocycles. The number of nitrogens with zero attached hydrogens (tertiary/aromatic N) is 2. The molecule has 0 saturated carbocycles. The molecule has 134 valence electrons. The van der Waals surface area contributed by atoms with Gasteiger partial charge < -0.3 is 15.4 Å². The van der Waals surface area contributed by atoms with Gasteiger partial charge in [0.25, 0.3) is 10.0 Å². The van der Waals surface area contributed by atoms with E-state index in [4.69, 9.17) is 0 Å². The minimum absolute atomic E-state index is 0.0275. The Kier molecular flexibility index (Phi) is 4.79. The van der Waals surface area contributed by atoms with Crippen LogP contribution in [0.5, 0.6) is 5.88 Å². The monoisotopic (exact) mass is 436 g/mol. The van der Waals surface area contributed by atoms with Gasteiger partial charge in [0.2, 0.25) is 11.8 Å². The first-order chi connectivity index (χ1) is 12.3. The van der Waals surface area contributed by atoms with Gasteiger partial charge in [-0.1, -0.05) is 20.4 Å². The zero-order valence-corrected chi connectivity index (χ0v) is 15.8. The first-order valence-electron chi connectivity index (χ1n) is 7.32. The zero-order valence-electron chi connectivity index (χ0n) is 13.4. The summed E-state index contributed by atoms with van der Waals surface area (Å²) < 4.78 is 28.8. The molecule has 3 rings (SSSR count). The highest BCUT2D eigenvalue weighted by molar-refractivity contribution is 9.10. The minimum atomic E-state index is -4.07. The van der Waals surface area contributed by atoms with Gasteiger partial charge in [-0.25, -0.2) is 0 Å². The van der Waals surface area contributed by atoms with Gasteiger partial charge in [-0.05, 0) is 42.5 Å². The highest BCUT2D eigenvalue weighted by atomic mass is 79.9. The maximum Gasteiger partial charge on any atom is 0.299 e. The number of carbonyl (C=O) groups is 1. The van der Waals surface area contributed by atoms with Gasteiger partial charge in [-0.2, -0.15) is 8.42 Å². The van der Waals surface area contributed by atoms with E-state index in [9.17, 15) is 18.3 Å².